The second-order valence-corrected chi connectivity index (χ2v) is 7.19. The number of hydrogen-bond acceptors (Lipinski definition) is 4. The Balaban J connectivity index is 0.00000192. The predicted molar refractivity (Wildman–Crippen MR) is 113 cm³/mol. The zero-order valence-corrected chi connectivity index (χ0v) is 16.4. The summed E-state index contributed by atoms with van der Waals surface area (Å²) >= 11 is 0. The van der Waals surface area contributed by atoms with Gasteiger partial charge in [0.1, 0.15) is 6.26 Å². The molecular weight excluding hydrogens is 372 g/mol. The first-order valence-corrected chi connectivity index (χ1v) is 9.51. The van der Waals surface area contributed by atoms with Gasteiger partial charge >= 0.3 is 0 Å². The van der Waals surface area contributed by atoms with Gasteiger partial charge in [-0.15, -0.1) is 12.4 Å². The van der Waals surface area contributed by atoms with Crippen LogP contribution < -0.4 is 0 Å². The molecule has 0 aliphatic carbocycles. The number of imidazole rings is 1. The van der Waals surface area contributed by atoms with Gasteiger partial charge in [-0.25, -0.2) is 9.97 Å². The van der Waals surface area contributed by atoms with E-state index in [0.717, 1.165) is 35.4 Å². The van der Waals surface area contributed by atoms with Crippen molar-refractivity contribution < 1.29 is 4.42 Å². The molecular formula is C22H23ClN4O. The molecule has 3 heterocycles. The molecule has 0 amide bonds. The highest BCUT2D eigenvalue weighted by atomic mass is 35.5. The smallest absolute Gasteiger partial charge is 0.226 e. The van der Waals surface area contributed by atoms with Gasteiger partial charge in [0, 0.05) is 18.7 Å². The Morgan fingerprint density at radius 3 is 2.54 bits per heavy atom. The van der Waals surface area contributed by atoms with E-state index in [4.69, 9.17) is 4.42 Å². The zero-order valence-electron chi connectivity index (χ0n) is 15.6. The molecule has 0 unspecified atom stereocenters. The van der Waals surface area contributed by atoms with Gasteiger partial charge in [-0.2, -0.15) is 0 Å². The molecule has 5 rings (SSSR count). The summed E-state index contributed by atoms with van der Waals surface area (Å²) in [6.45, 7) is 4.02. The minimum absolute atomic E-state index is 0. The molecule has 28 heavy (non-hydrogen) atoms. The van der Waals surface area contributed by atoms with Crippen LogP contribution in [-0.4, -0.2) is 32.5 Å². The molecule has 1 aliphatic heterocycles. The number of nitrogens with zero attached hydrogens (tertiary/aromatic N) is 4. The number of benzene rings is 2. The summed E-state index contributed by atoms with van der Waals surface area (Å²) in [7, 11) is 0. The number of hydrogen-bond donors (Lipinski definition) is 0. The Morgan fingerprint density at radius 1 is 0.929 bits per heavy atom. The molecule has 0 atom stereocenters. The summed E-state index contributed by atoms with van der Waals surface area (Å²) in [6.07, 6.45) is 6.27. The molecule has 1 saturated heterocycles. The lowest BCUT2D eigenvalue weighted by Gasteiger charge is -2.11. The minimum Gasteiger partial charge on any atom is -0.444 e. The highest BCUT2D eigenvalue weighted by Crippen LogP contribution is 2.22. The molecule has 0 radical (unpaired) electrons. The molecule has 1 aliphatic rings. The molecule has 0 N–H and O–H groups in total. The van der Waals surface area contributed by atoms with Gasteiger partial charge in [0.05, 0.1) is 23.1 Å². The standard InChI is InChI=1S/C22H22N4O.ClH/c1-2-6-21-20(5-1)23-16-26(21)13-17-7-9-18(10-8-17)22-24-19(15-27-22)14-25-11-3-4-12-25;/h1-2,5-10,15-16H,3-4,11-14H2;1H. The third kappa shape index (κ3) is 3.81. The average molecular weight is 395 g/mol. The van der Waals surface area contributed by atoms with Crippen LogP contribution in [0.15, 0.2) is 65.5 Å². The van der Waals surface area contributed by atoms with Crippen LogP contribution in [0.2, 0.25) is 0 Å². The monoisotopic (exact) mass is 394 g/mol. The van der Waals surface area contributed by atoms with Crippen molar-refractivity contribution in [1.82, 2.24) is 19.4 Å². The number of halogens is 1. The molecule has 1 fully saturated rings. The zero-order chi connectivity index (χ0) is 18.1. The number of fused-ring (bicyclic) bond motifs is 1. The van der Waals surface area contributed by atoms with E-state index in [1.165, 1.54) is 31.5 Å². The van der Waals surface area contributed by atoms with Crippen molar-refractivity contribution in [3.8, 4) is 11.5 Å². The molecule has 2 aromatic carbocycles. The van der Waals surface area contributed by atoms with Crippen LogP contribution >= 0.6 is 12.4 Å². The number of aromatic nitrogens is 3. The first-order valence-electron chi connectivity index (χ1n) is 9.51. The van der Waals surface area contributed by atoms with Crippen molar-refractivity contribution in [3.05, 3.63) is 72.4 Å². The van der Waals surface area contributed by atoms with Crippen LogP contribution in [-0.2, 0) is 13.1 Å². The molecule has 2 aromatic heterocycles. The lowest BCUT2D eigenvalue weighted by Crippen LogP contribution is -2.18. The van der Waals surface area contributed by atoms with E-state index in [9.17, 15) is 0 Å². The second-order valence-electron chi connectivity index (χ2n) is 7.19. The molecule has 0 spiro atoms. The molecule has 144 valence electrons. The summed E-state index contributed by atoms with van der Waals surface area (Å²) in [6, 6.07) is 16.6. The van der Waals surface area contributed by atoms with E-state index < -0.39 is 0 Å². The predicted octanol–water partition coefficient (Wildman–Crippen LogP) is 4.76. The third-order valence-electron chi connectivity index (χ3n) is 5.22. The molecule has 6 heteroatoms. The van der Waals surface area contributed by atoms with Crippen molar-refractivity contribution in [2.45, 2.75) is 25.9 Å². The quantitative estimate of drug-likeness (QED) is 0.489. The fraction of sp³-hybridized carbons (Fsp3) is 0.273. The van der Waals surface area contributed by atoms with Gasteiger partial charge < -0.3 is 8.98 Å². The van der Waals surface area contributed by atoms with Crippen LogP contribution in [0.1, 0.15) is 24.1 Å². The van der Waals surface area contributed by atoms with E-state index in [1.807, 2.05) is 24.5 Å². The highest BCUT2D eigenvalue weighted by molar-refractivity contribution is 5.85. The summed E-state index contributed by atoms with van der Waals surface area (Å²) < 4.78 is 7.88. The summed E-state index contributed by atoms with van der Waals surface area (Å²) in [5.74, 6) is 0.698. The maximum absolute atomic E-state index is 5.71. The van der Waals surface area contributed by atoms with Gasteiger partial charge in [-0.3, -0.25) is 4.90 Å². The first-order chi connectivity index (χ1) is 13.3. The van der Waals surface area contributed by atoms with Gasteiger partial charge in [-0.1, -0.05) is 24.3 Å². The van der Waals surface area contributed by atoms with Crippen molar-refractivity contribution in [2.24, 2.45) is 0 Å². The minimum atomic E-state index is 0. The lowest BCUT2D eigenvalue weighted by molar-refractivity contribution is 0.327. The van der Waals surface area contributed by atoms with Gasteiger partial charge in [0.25, 0.3) is 0 Å². The van der Waals surface area contributed by atoms with E-state index >= 15 is 0 Å². The normalized spacial score (nSPS) is 14.4. The fourth-order valence-electron chi connectivity index (χ4n) is 3.77. The average Bonchev–Trinajstić information content (AvgIpc) is 3.45. The fourth-order valence-corrected chi connectivity index (χ4v) is 3.77. The second kappa shape index (κ2) is 8.17. The number of rotatable bonds is 5. The van der Waals surface area contributed by atoms with Crippen LogP contribution in [0, 0.1) is 0 Å². The molecule has 0 bridgehead atoms. The van der Waals surface area contributed by atoms with Crippen LogP contribution in [0.3, 0.4) is 0 Å². The first kappa shape index (κ1) is 18.7. The largest absolute Gasteiger partial charge is 0.444 e. The maximum atomic E-state index is 5.71. The van der Waals surface area contributed by atoms with Crippen molar-refractivity contribution in [3.63, 3.8) is 0 Å². The Kier molecular flexibility index (Phi) is 5.46. The number of likely N-dealkylation sites (tertiary alicyclic amines) is 1. The van der Waals surface area contributed by atoms with Crippen LogP contribution in [0.4, 0.5) is 0 Å². The van der Waals surface area contributed by atoms with E-state index in [0.29, 0.717) is 5.89 Å². The van der Waals surface area contributed by atoms with Gasteiger partial charge in [0.2, 0.25) is 5.89 Å². The SMILES string of the molecule is Cl.c1ccc2c(c1)ncn2Cc1ccc(-c2nc(CN3CCCC3)co2)cc1. The van der Waals surface area contributed by atoms with Crippen molar-refractivity contribution in [2.75, 3.05) is 13.1 Å². The third-order valence-corrected chi connectivity index (χ3v) is 5.22. The van der Waals surface area contributed by atoms with E-state index in [-0.39, 0.29) is 12.4 Å². The van der Waals surface area contributed by atoms with Crippen LogP contribution in [0.25, 0.3) is 22.5 Å². The van der Waals surface area contributed by atoms with Crippen molar-refractivity contribution in [1.29, 1.82) is 0 Å². The van der Waals surface area contributed by atoms with E-state index in [2.05, 4.69) is 49.8 Å². The Labute approximate surface area is 170 Å². The Bertz CT molecular complexity index is 1050. The number of para-hydroxylation sites is 2. The highest BCUT2D eigenvalue weighted by Gasteiger charge is 2.14. The summed E-state index contributed by atoms with van der Waals surface area (Å²) in [4.78, 5) is 11.6. The molecule has 4 aromatic rings. The van der Waals surface area contributed by atoms with Crippen molar-refractivity contribution >= 4 is 23.4 Å². The van der Waals surface area contributed by atoms with Gasteiger partial charge in [-0.05, 0) is 55.8 Å². The Morgan fingerprint density at radius 2 is 1.71 bits per heavy atom. The summed E-state index contributed by atoms with van der Waals surface area (Å²) in [5, 5.41) is 0. The van der Waals surface area contributed by atoms with E-state index in [1.54, 1.807) is 6.26 Å². The van der Waals surface area contributed by atoms with Crippen LogP contribution in [0.5, 0.6) is 0 Å². The topological polar surface area (TPSA) is 47.1 Å². The van der Waals surface area contributed by atoms with Gasteiger partial charge in [0.15, 0.2) is 0 Å². The summed E-state index contributed by atoms with van der Waals surface area (Å²) in [5.41, 5.74) is 5.44. The molecule has 5 nitrogen and oxygen atoms in total. The Hall–Kier alpha value is -2.63. The maximum Gasteiger partial charge on any atom is 0.226 e. The lowest BCUT2D eigenvalue weighted by atomic mass is 10.1. The number of oxazole rings is 1. The molecule has 0 saturated carbocycles.